The summed E-state index contributed by atoms with van der Waals surface area (Å²) in [5.74, 6) is -0.862. The van der Waals surface area contributed by atoms with Gasteiger partial charge in [-0.2, -0.15) is 0 Å². The lowest BCUT2D eigenvalue weighted by Crippen LogP contribution is -2.59. The molecule has 1 aliphatic carbocycles. The molecule has 1 unspecified atom stereocenters. The zero-order valence-electron chi connectivity index (χ0n) is 11.0. The van der Waals surface area contributed by atoms with Gasteiger partial charge in [-0.05, 0) is 32.7 Å². The lowest BCUT2D eigenvalue weighted by molar-refractivity contribution is -0.144. The van der Waals surface area contributed by atoms with Gasteiger partial charge in [0.05, 0.1) is 0 Å². The van der Waals surface area contributed by atoms with E-state index in [0.717, 1.165) is 25.9 Å². The summed E-state index contributed by atoms with van der Waals surface area (Å²) in [6.07, 6.45) is 1.76. The van der Waals surface area contributed by atoms with Gasteiger partial charge in [-0.3, -0.25) is 0 Å². The van der Waals surface area contributed by atoms with E-state index in [2.05, 4.69) is 10.2 Å². The van der Waals surface area contributed by atoms with Crippen molar-refractivity contribution in [1.29, 1.82) is 0 Å². The van der Waals surface area contributed by atoms with E-state index in [4.69, 9.17) is 0 Å². The van der Waals surface area contributed by atoms with Crippen LogP contribution in [0.5, 0.6) is 0 Å². The van der Waals surface area contributed by atoms with E-state index in [1.165, 1.54) is 0 Å². The van der Waals surface area contributed by atoms with Crippen LogP contribution in [-0.4, -0.2) is 65.7 Å². The molecule has 0 bridgehead atoms. The first-order chi connectivity index (χ1) is 8.43. The van der Waals surface area contributed by atoms with Crippen molar-refractivity contribution in [2.24, 2.45) is 5.92 Å². The Hall–Kier alpha value is -1.30. The van der Waals surface area contributed by atoms with Crippen molar-refractivity contribution < 1.29 is 14.7 Å². The van der Waals surface area contributed by atoms with Gasteiger partial charge >= 0.3 is 12.0 Å². The number of carboxylic acids is 1. The molecule has 0 aromatic heterocycles. The number of nitrogens with one attached hydrogen (secondary N) is 1. The third kappa shape index (κ3) is 2.58. The van der Waals surface area contributed by atoms with Crippen molar-refractivity contribution in [2.75, 3.05) is 33.2 Å². The predicted octanol–water partition coefficient (Wildman–Crippen LogP) is 0.197. The molecule has 2 aliphatic rings. The summed E-state index contributed by atoms with van der Waals surface area (Å²) in [7, 11) is 2.01. The number of piperazine rings is 1. The van der Waals surface area contributed by atoms with Gasteiger partial charge in [0.1, 0.15) is 5.54 Å². The largest absolute Gasteiger partial charge is 0.480 e. The number of carbonyl (C=O) groups excluding carboxylic acids is 1. The number of rotatable bonds is 3. The van der Waals surface area contributed by atoms with Gasteiger partial charge in [0.2, 0.25) is 0 Å². The average molecular weight is 255 g/mol. The van der Waals surface area contributed by atoms with Crippen LogP contribution >= 0.6 is 0 Å². The molecule has 1 saturated heterocycles. The summed E-state index contributed by atoms with van der Waals surface area (Å²) in [5.41, 5.74) is -1.11. The van der Waals surface area contributed by atoms with Gasteiger partial charge in [0.25, 0.3) is 0 Å². The molecular formula is C12H21N3O3. The van der Waals surface area contributed by atoms with Crippen LogP contribution in [0.2, 0.25) is 0 Å². The number of carbonyl (C=O) groups is 2. The van der Waals surface area contributed by atoms with Crippen molar-refractivity contribution >= 4 is 12.0 Å². The smallest absolute Gasteiger partial charge is 0.329 e. The highest BCUT2D eigenvalue weighted by atomic mass is 16.4. The maximum absolute atomic E-state index is 12.1. The number of hydrogen-bond acceptors (Lipinski definition) is 3. The molecule has 102 valence electrons. The first-order valence-corrected chi connectivity index (χ1v) is 6.42. The van der Waals surface area contributed by atoms with Crippen molar-refractivity contribution in [3.63, 3.8) is 0 Å². The van der Waals surface area contributed by atoms with Crippen LogP contribution in [0.25, 0.3) is 0 Å². The summed E-state index contributed by atoms with van der Waals surface area (Å²) in [5, 5.41) is 12.0. The Kier molecular flexibility index (Phi) is 3.47. The fraction of sp³-hybridized carbons (Fsp3) is 0.833. The SMILES string of the molecule is CN1CCN(C(=O)NC(C)(C(=O)O)C2CC2)CC1. The number of aliphatic carboxylic acids is 1. The molecule has 2 fully saturated rings. The van der Waals surface area contributed by atoms with Gasteiger partial charge in [0.15, 0.2) is 0 Å². The Morgan fingerprint density at radius 2 is 1.78 bits per heavy atom. The first kappa shape index (κ1) is 13.1. The van der Waals surface area contributed by atoms with Crippen LogP contribution in [-0.2, 0) is 4.79 Å². The number of likely N-dealkylation sites (N-methyl/N-ethyl adjacent to an activating group) is 1. The molecule has 1 heterocycles. The third-order valence-corrected chi connectivity index (χ3v) is 4.00. The average Bonchev–Trinajstić information content (AvgIpc) is 3.13. The zero-order valence-corrected chi connectivity index (χ0v) is 11.0. The van der Waals surface area contributed by atoms with Crippen molar-refractivity contribution in [3.05, 3.63) is 0 Å². The molecule has 0 aromatic carbocycles. The van der Waals surface area contributed by atoms with Crippen molar-refractivity contribution in [3.8, 4) is 0 Å². The summed E-state index contributed by atoms with van der Waals surface area (Å²) in [4.78, 5) is 27.3. The molecule has 18 heavy (non-hydrogen) atoms. The molecule has 0 aromatic rings. The van der Waals surface area contributed by atoms with E-state index in [0.29, 0.717) is 13.1 Å². The van der Waals surface area contributed by atoms with E-state index in [-0.39, 0.29) is 11.9 Å². The molecule has 1 atom stereocenters. The van der Waals surface area contributed by atoms with E-state index in [1.807, 2.05) is 7.05 Å². The highest BCUT2D eigenvalue weighted by Crippen LogP contribution is 2.39. The first-order valence-electron chi connectivity index (χ1n) is 6.42. The van der Waals surface area contributed by atoms with E-state index in [1.54, 1.807) is 11.8 Å². The summed E-state index contributed by atoms with van der Waals surface area (Å²) < 4.78 is 0. The Morgan fingerprint density at radius 1 is 1.22 bits per heavy atom. The maximum Gasteiger partial charge on any atom is 0.329 e. The number of urea groups is 1. The maximum atomic E-state index is 12.1. The molecule has 0 radical (unpaired) electrons. The quantitative estimate of drug-likeness (QED) is 0.755. The van der Waals surface area contributed by atoms with E-state index < -0.39 is 11.5 Å². The lowest BCUT2D eigenvalue weighted by atomic mass is 9.96. The van der Waals surface area contributed by atoms with Gasteiger partial charge in [0, 0.05) is 26.2 Å². The molecule has 1 aliphatic heterocycles. The van der Waals surface area contributed by atoms with Crippen LogP contribution in [0.1, 0.15) is 19.8 Å². The monoisotopic (exact) mass is 255 g/mol. The predicted molar refractivity (Wildman–Crippen MR) is 66.4 cm³/mol. The molecular weight excluding hydrogens is 234 g/mol. The molecule has 0 spiro atoms. The Morgan fingerprint density at radius 3 is 2.22 bits per heavy atom. The van der Waals surface area contributed by atoms with E-state index in [9.17, 15) is 14.7 Å². The van der Waals surface area contributed by atoms with Crippen LogP contribution in [0.4, 0.5) is 4.79 Å². The molecule has 6 heteroatoms. The topological polar surface area (TPSA) is 72.9 Å². The fourth-order valence-corrected chi connectivity index (χ4v) is 2.30. The van der Waals surface area contributed by atoms with Crippen LogP contribution in [0, 0.1) is 5.92 Å². The van der Waals surface area contributed by atoms with Gasteiger partial charge in [-0.15, -0.1) is 0 Å². The standard InChI is InChI=1S/C12H21N3O3/c1-12(10(16)17,9-3-4-9)13-11(18)15-7-5-14(2)6-8-15/h9H,3-8H2,1-2H3,(H,13,18)(H,16,17). The minimum atomic E-state index is -1.11. The molecule has 2 rings (SSSR count). The van der Waals surface area contributed by atoms with Crippen LogP contribution in [0.15, 0.2) is 0 Å². The Balaban J connectivity index is 1.95. The summed E-state index contributed by atoms with van der Waals surface area (Å²) in [6.45, 7) is 4.59. The number of amides is 2. The Bertz CT molecular complexity index is 348. The minimum Gasteiger partial charge on any atom is -0.480 e. The number of nitrogens with zero attached hydrogens (tertiary/aromatic N) is 2. The lowest BCUT2D eigenvalue weighted by Gasteiger charge is -2.35. The second-order valence-electron chi connectivity index (χ2n) is 5.50. The zero-order chi connectivity index (χ0) is 13.3. The third-order valence-electron chi connectivity index (χ3n) is 4.00. The highest BCUT2D eigenvalue weighted by molar-refractivity contribution is 5.86. The van der Waals surface area contributed by atoms with Crippen LogP contribution < -0.4 is 5.32 Å². The second-order valence-corrected chi connectivity index (χ2v) is 5.50. The Labute approximate surface area is 107 Å². The van der Waals surface area contributed by atoms with Gasteiger partial charge in [-0.1, -0.05) is 0 Å². The van der Waals surface area contributed by atoms with Crippen molar-refractivity contribution in [1.82, 2.24) is 15.1 Å². The van der Waals surface area contributed by atoms with Gasteiger partial charge < -0.3 is 20.2 Å². The van der Waals surface area contributed by atoms with Gasteiger partial charge in [-0.25, -0.2) is 9.59 Å². The summed E-state index contributed by atoms with van der Waals surface area (Å²) in [6, 6.07) is -0.250. The normalized spacial score (nSPS) is 24.4. The molecule has 2 N–H and O–H groups in total. The van der Waals surface area contributed by atoms with E-state index >= 15 is 0 Å². The molecule has 1 saturated carbocycles. The van der Waals surface area contributed by atoms with Crippen LogP contribution in [0.3, 0.4) is 0 Å². The second kappa shape index (κ2) is 4.76. The number of hydrogen-bond donors (Lipinski definition) is 2. The molecule has 6 nitrogen and oxygen atoms in total. The van der Waals surface area contributed by atoms with Crippen molar-refractivity contribution in [2.45, 2.75) is 25.3 Å². The summed E-state index contributed by atoms with van der Waals surface area (Å²) >= 11 is 0. The highest BCUT2D eigenvalue weighted by Gasteiger charge is 2.49. The number of carboxylic acid groups (broad SMARTS) is 1. The molecule has 2 amide bonds. The minimum absolute atomic E-state index is 0.0754. The fourth-order valence-electron chi connectivity index (χ4n) is 2.30.